The van der Waals surface area contributed by atoms with E-state index < -0.39 is 0 Å². The van der Waals surface area contributed by atoms with Crippen LogP contribution in [0, 0.1) is 0 Å². The average molecular weight is 142 g/mol. The molecule has 0 amide bonds. The lowest BCUT2D eigenvalue weighted by Gasteiger charge is -1.94. The summed E-state index contributed by atoms with van der Waals surface area (Å²) in [7, 11) is 0. The number of rotatable bonds is 6. The van der Waals surface area contributed by atoms with Gasteiger partial charge in [-0.2, -0.15) is 0 Å². The summed E-state index contributed by atoms with van der Waals surface area (Å²) in [6, 6.07) is 0. The first-order chi connectivity index (χ1) is 4.91. The van der Waals surface area contributed by atoms with Crippen molar-refractivity contribution in [2.45, 2.75) is 13.8 Å². The largest absolute Gasteiger partial charge is 0.314 e. The first kappa shape index (κ1) is 9.66. The summed E-state index contributed by atoms with van der Waals surface area (Å²) in [6.45, 7) is 8.29. The second-order valence-electron chi connectivity index (χ2n) is 2.09. The molecule has 0 aliphatic rings. The standard InChI is InChI=1S/C8H18N2/c1-3-9-7-5-6-8-10-4-2/h5-6,9-10H,3-4,7-8H2,1-2H3. The second kappa shape index (κ2) is 8.66. The van der Waals surface area contributed by atoms with Crippen LogP contribution in [0.25, 0.3) is 0 Å². The van der Waals surface area contributed by atoms with Crippen molar-refractivity contribution in [1.29, 1.82) is 0 Å². The van der Waals surface area contributed by atoms with E-state index in [2.05, 4.69) is 36.6 Å². The fourth-order valence-corrected chi connectivity index (χ4v) is 0.622. The van der Waals surface area contributed by atoms with E-state index >= 15 is 0 Å². The number of hydrogen-bond donors (Lipinski definition) is 2. The molecule has 0 radical (unpaired) electrons. The van der Waals surface area contributed by atoms with Crippen LogP contribution in [0.5, 0.6) is 0 Å². The normalized spacial score (nSPS) is 11.0. The quantitative estimate of drug-likeness (QED) is 0.422. The average Bonchev–Trinajstić information content (AvgIpc) is 1.97. The van der Waals surface area contributed by atoms with E-state index in [1.165, 1.54) is 0 Å². The Bertz CT molecular complexity index is 69.3. The lowest BCUT2D eigenvalue weighted by atomic mass is 10.4. The maximum absolute atomic E-state index is 3.21. The van der Waals surface area contributed by atoms with E-state index in [9.17, 15) is 0 Å². The highest BCUT2D eigenvalue weighted by molar-refractivity contribution is 4.85. The Labute approximate surface area is 63.7 Å². The third kappa shape index (κ3) is 7.66. The molecule has 0 heterocycles. The molecule has 10 heavy (non-hydrogen) atoms. The van der Waals surface area contributed by atoms with E-state index in [1.54, 1.807) is 0 Å². The van der Waals surface area contributed by atoms with Crippen LogP contribution in [0.15, 0.2) is 12.2 Å². The van der Waals surface area contributed by atoms with Crippen LogP contribution < -0.4 is 10.6 Å². The first-order valence-electron chi connectivity index (χ1n) is 3.98. The van der Waals surface area contributed by atoms with Crippen LogP contribution in [-0.4, -0.2) is 26.2 Å². The van der Waals surface area contributed by atoms with Gasteiger partial charge in [-0.25, -0.2) is 0 Å². The Kier molecular flexibility index (Phi) is 8.37. The minimum Gasteiger partial charge on any atom is -0.314 e. The molecule has 0 aromatic heterocycles. The van der Waals surface area contributed by atoms with Crippen molar-refractivity contribution in [3.63, 3.8) is 0 Å². The van der Waals surface area contributed by atoms with Gasteiger partial charge in [0, 0.05) is 13.1 Å². The van der Waals surface area contributed by atoms with E-state index in [0.29, 0.717) is 0 Å². The molecule has 0 bridgehead atoms. The van der Waals surface area contributed by atoms with Crippen molar-refractivity contribution >= 4 is 0 Å². The van der Waals surface area contributed by atoms with Crippen molar-refractivity contribution in [2.24, 2.45) is 0 Å². The fourth-order valence-electron chi connectivity index (χ4n) is 0.622. The van der Waals surface area contributed by atoms with Gasteiger partial charge < -0.3 is 10.6 Å². The molecule has 0 rings (SSSR count). The van der Waals surface area contributed by atoms with Gasteiger partial charge >= 0.3 is 0 Å². The molecule has 0 aliphatic carbocycles. The molecule has 0 spiro atoms. The zero-order valence-corrected chi connectivity index (χ0v) is 6.98. The Balaban J connectivity index is 2.89. The van der Waals surface area contributed by atoms with Crippen molar-refractivity contribution < 1.29 is 0 Å². The van der Waals surface area contributed by atoms with Gasteiger partial charge in [0.25, 0.3) is 0 Å². The molecule has 0 unspecified atom stereocenters. The van der Waals surface area contributed by atoms with Gasteiger partial charge in [-0.15, -0.1) is 0 Å². The lowest BCUT2D eigenvalue weighted by Crippen LogP contribution is -2.14. The Morgan fingerprint density at radius 1 is 0.900 bits per heavy atom. The van der Waals surface area contributed by atoms with Gasteiger partial charge in [0.15, 0.2) is 0 Å². The summed E-state index contributed by atoms with van der Waals surface area (Å²) in [5, 5.41) is 6.42. The molecule has 0 saturated heterocycles. The van der Waals surface area contributed by atoms with Crippen LogP contribution in [0.3, 0.4) is 0 Å². The molecule has 0 aliphatic heterocycles. The minimum atomic E-state index is 0.988. The van der Waals surface area contributed by atoms with Gasteiger partial charge in [0.1, 0.15) is 0 Å². The Morgan fingerprint density at radius 2 is 1.30 bits per heavy atom. The molecule has 60 valence electrons. The SMILES string of the molecule is CCNCC=CCNCC. The Hall–Kier alpha value is -0.340. The minimum absolute atomic E-state index is 0.988. The van der Waals surface area contributed by atoms with Crippen LogP contribution >= 0.6 is 0 Å². The predicted octanol–water partition coefficient (Wildman–Crippen LogP) is 0.762. The molecular weight excluding hydrogens is 124 g/mol. The van der Waals surface area contributed by atoms with Gasteiger partial charge in [0.2, 0.25) is 0 Å². The molecule has 0 saturated carbocycles. The van der Waals surface area contributed by atoms with Crippen molar-refractivity contribution in [3.05, 3.63) is 12.2 Å². The summed E-state index contributed by atoms with van der Waals surface area (Å²) in [5.41, 5.74) is 0. The fraction of sp³-hybridized carbons (Fsp3) is 0.750. The van der Waals surface area contributed by atoms with E-state index in [0.717, 1.165) is 26.2 Å². The monoisotopic (exact) mass is 142 g/mol. The lowest BCUT2D eigenvalue weighted by molar-refractivity contribution is 0.780. The van der Waals surface area contributed by atoms with Gasteiger partial charge in [-0.1, -0.05) is 26.0 Å². The molecule has 2 heteroatoms. The van der Waals surface area contributed by atoms with Crippen molar-refractivity contribution in [3.8, 4) is 0 Å². The third-order valence-electron chi connectivity index (χ3n) is 1.19. The highest BCUT2D eigenvalue weighted by Crippen LogP contribution is 1.68. The summed E-state index contributed by atoms with van der Waals surface area (Å²) in [4.78, 5) is 0. The molecular formula is C8H18N2. The van der Waals surface area contributed by atoms with Crippen LogP contribution in [0.1, 0.15) is 13.8 Å². The molecule has 0 aromatic rings. The van der Waals surface area contributed by atoms with Crippen LogP contribution in [-0.2, 0) is 0 Å². The van der Waals surface area contributed by atoms with Crippen molar-refractivity contribution in [1.82, 2.24) is 10.6 Å². The number of hydrogen-bond acceptors (Lipinski definition) is 2. The van der Waals surface area contributed by atoms with Gasteiger partial charge in [-0.3, -0.25) is 0 Å². The number of likely N-dealkylation sites (N-methyl/N-ethyl adjacent to an activating group) is 2. The van der Waals surface area contributed by atoms with Gasteiger partial charge in [0.05, 0.1) is 0 Å². The summed E-state index contributed by atoms with van der Waals surface area (Å²) >= 11 is 0. The Morgan fingerprint density at radius 3 is 1.60 bits per heavy atom. The van der Waals surface area contributed by atoms with Crippen molar-refractivity contribution in [2.75, 3.05) is 26.2 Å². The first-order valence-corrected chi connectivity index (χ1v) is 3.98. The van der Waals surface area contributed by atoms with E-state index in [4.69, 9.17) is 0 Å². The molecule has 0 atom stereocenters. The maximum atomic E-state index is 3.21. The third-order valence-corrected chi connectivity index (χ3v) is 1.19. The van der Waals surface area contributed by atoms with E-state index in [-0.39, 0.29) is 0 Å². The second-order valence-corrected chi connectivity index (χ2v) is 2.09. The highest BCUT2D eigenvalue weighted by Gasteiger charge is 1.75. The predicted molar refractivity (Wildman–Crippen MR) is 46.2 cm³/mol. The zero-order valence-electron chi connectivity index (χ0n) is 6.98. The highest BCUT2D eigenvalue weighted by atomic mass is 14.8. The number of nitrogens with one attached hydrogen (secondary N) is 2. The maximum Gasteiger partial charge on any atom is 0.0135 e. The topological polar surface area (TPSA) is 24.1 Å². The van der Waals surface area contributed by atoms with Gasteiger partial charge in [-0.05, 0) is 13.1 Å². The zero-order chi connectivity index (χ0) is 7.66. The van der Waals surface area contributed by atoms with Crippen LogP contribution in [0.4, 0.5) is 0 Å². The molecule has 2 nitrogen and oxygen atoms in total. The molecule has 2 N–H and O–H groups in total. The summed E-state index contributed by atoms with van der Waals surface area (Å²) in [6.07, 6.45) is 4.29. The molecule has 0 aromatic carbocycles. The van der Waals surface area contributed by atoms with Crippen LogP contribution in [0.2, 0.25) is 0 Å². The summed E-state index contributed by atoms with van der Waals surface area (Å²) in [5.74, 6) is 0. The smallest absolute Gasteiger partial charge is 0.0135 e. The molecule has 0 fully saturated rings. The van der Waals surface area contributed by atoms with E-state index in [1.807, 2.05) is 0 Å². The summed E-state index contributed by atoms with van der Waals surface area (Å²) < 4.78 is 0.